The van der Waals surface area contributed by atoms with Crippen LogP contribution in [0.1, 0.15) is 49.2 Å². The maximum atomic E-state index is 11.0. The molecule has 0 aliphatic carbocycles. The van der Waals surface area contributed by atoms with Crippen LogP contribution in [0.5, 0.6) is 0 Å². The Kier molecular flexibility index (Phi) is 4.59. The molecule has 0 spiro atoms. The van der Waals surface area contributed by atoms with Crippen molar-refractivity contribution >= 4 is 6.29 Å². The molecule has 0 saturated carbocycles. The quantitative estimate of drug-likeness (QED) is 0.723. The molecule has 0 bridgehead atoms. The van der Waals surface area contributed by atoms with Gasteiger partial charge in [0.15, 0.2) is 6.29 Å². The molecule has 1 aromatic rings. The van der Waals surface area contributed by atoms with E-state index in [1.165, 1.54) is 38.0 Å². The summed E-state index contributed by atoms with van der Waals surface area (Å²) in [6.45, 7) is 7.89. The zero-order valence-corrected chi connectivity index (χ0v) is 11.6. The van der Waals surface area contributed by atoms with E-state index in [9.17, 15) is 4.79 Å². The van der Waals surface area contributed by atoms with E-state index in [1.807, 2.05) is 6.07 Å². The van der Waals surface area contributed by atoms with Gasteiger partial charge in [-0.25, -0.2) is 0 Å². The minimum atomic E-state index is 0.617. The second-order valence-corrected chi connectivity index (χ2v) is 5.21. The van der Waals surface area contributed by atoms with Crippen LogP contribution in [0.2, 0.25) is 0 Å². The fraction of sp³-hybridized carbons (Fsp3) is 0.667. The lowest BCUT2D eigenvalue weighted by molar-refractivity contribution is 0.112. The van der Waals surface area contributed by atoms with E-state index >= 15 is 0 Å². The Bertz CT molecular complexity index is 391. The molecule has 0 fully saturated rings. The molecule has 18 heavy (non-hydrogen) atoms. The number of aldehydes is 1. The van der Waals surface area contributed by atoms with E-state index in [0.29, 0.717) is 6.04 Å². The number of fused-ring (bicyclic) bond motifs is 1. The molecule has 100 valence electrons. The Hall–Kier alpha value is -1.09. The van der Waals surface area contributed by atoms with Crippen molar-refractivity contribution in [3.63, 3.8) is 0 Å². The van der Waals surface area contributed by atoms with Crippen LogP contribution in [-0.4, -0.2) is 34.9 Å². The van der Waals surface area contributed by atoms with Gasteiger partial charge in [0.1, 0.15) is 0 Å². The van der Waals surface area contributed by atoms with Crippen molar-refractivity contribution in [1.82, 2.24) is 9.47 Å². The number of carbonyl (C=O) groups excluding carboxylic acids is 1. The van der Waals surface area contributed by atoms with Crippen molar-refractivity contribution in [1.29, 1.82) is 0 Å². The molecule has 0 aromatic carbocycles. The van der Waals surface area contributed by atoms with Gasteiger partial charge in [-0.05, 0) is 38.4 Å². The van der Waals surface area contributed by atoms with E-state index in [-0.39, 0.29) is 0 Å². The molecule has 1 aromatic heterocycles. The van der Waals surface area contributed by atoms with Gasteiger partial charge in [0.05, 0.1) is 0 Å². The lowest BCUT2D eigenvalue weighted by Gasteiger charge is -2.35. The molecular formula is C15H24N2O. The highest BCUT2D eigenvalue weighted by Crippen LogP contribution is 2.23. The molecule has 0 radical (unpaired) electrons. The Labute approximate surface area is 110 Å². The first-order valence-electron chi connectivity index (χ1n) is 7.17. The number of aryl methyl sites for hydroxylation is 1. The molecule has 3 heteroatoms. The molecule has 1 aliphatic rings. The van der Waals surface area contributed by atoms with Crippen LogP contribution in [0.15, 0.2) is 12.3 Å². The van der Waals surface area contributed by atoms with E-state index in [1.54, 1.807) is 0 Å². The summed E-state index contributed by atoms with van der Waals surface area (Å²) in [5.41, 5.74) is 2.12. The van der Waals surface area contributed by atoms with Crippen molar-refractivity contribution in [3.8, 4) is 0 Å². The fourth-order valence-corrected chi connectivity index (χ4v) is 3.05. The first-order chi connectivity index (χ1) is 8.80. The van der Waals surface area contributed by atoms with Crippen LogP contribution in [0.4, 0.5) is 0 Å². The van der Waals surface area contributed by atoms with Crippen LogP contribution in [0.3, 0.4) is 0 Å². The Morgan fingerprint density at radius 3 is 2.72 bits per heavy atom. The highest BCUT2D eigenvalue weighted by molar-refractivity contribution is 5.76. The number of aromatic nitrogens is 1. The SMILES string of the molecule is CCCN(CCC)[C@@H]1CCn2ccc(C=O)c2C1. The summed E-state index contributed by atoms with van der Waals surface area (Å²) in [6.07, 6.45) is 7.70. The van der Waals surface area contributed by atoms with E-state index in [4.69, 9.17) is 0 Å². The average molecular weight is 248 g/mol. The maximum Gasteiger partial charge on any atom is 0.151 e. The lowest BCUT2D eigenvalue weighted by Crippen LogP contribution is -2.41. The number of carbonyl (C=O) groups is 1. The molecule has 0 N–H and O–H groups in total. The van der Waals surface area contributed by atoms with Crippen LogP contribution >= 0.6 is 0 Å². The summed E-state index contributed by atoms with van der Waals surface area (Å²) < 4.78 is 2.25. The van der Waals surface area contributed by atoms with Gasteiger partial charge in [0.2, 0.25) is 0 Å². The van der Waals surface area contributed by atoms with Gasteiger partial charge in [-0.3, -0.25) is 9.69 Å². The van der Waals surface area contributed by atoms with Crippen molar-refractivity contribution < 1.29 is 4.79 Å². The summed E-state index contributed by atoms with van der Waals surface area (Å²) in [5.74, 6) is 0. The molecular weight excluding hydrogens is 224 g/mol. The van der Waals surface area contributed by atoms with Gasteiger partial charge in [-0.1, -0.05) is 13.8 Å². The summed E-state index contributed by atoms with van der Waals surface area (Å²) in [4.78, 5) is 13.6. The minimum absolute atomic E-state index is 0.617. The molecule has 0 saturated heterocycles. The topological polar surface area (TPSA) is 25.2 Å². The van der Waals surface area contributed by atoms with Crippen molar-refractivity contribution in [3.05, 3.63) is 23.5 Å². The summed E-state index contributed by atoms with van der Waals surface area (Å²) in [7, 11) is 0. The van der Waals surface area contributed by atoms with Gasteiger partial charge >= 0.3 is 0 Å². The van der Waals surface area contributed by atoms with Crippen LogP contribution in [0, 0.1) is 0 Å². The third-order valence-electron chi connectivity index (χ3n) is 3.91. The zero-order valence-electron chi connectivity index (χ0n) is 11.6. The third kappa shape index (κ3) is 2.66. The predicted octanol–water partition coefficient (Wildman–Crippen LogP) is 2.74. The van der Waals surface area contributed by atoms with Crippen LogP contribution in [-0.2, 0) is 13.0 Å². The molecule has 0 unspecified atom stereocenters. The monoisotopic (exact) mass is 248 g/mol. The molecule has 1 aliphatic heterocycles. The highest BCUT2D eigenvalue weighted by atomic mass is 16.1. The average Bonchev–Trinajstić information content (AvgIpc) is 2.80. The maximum absolute atomic E-state index is 11.0. The number of hydrogen-bond donors (Lipinski definition) is 0. The van der Waals surface area contributed by atoms with Gasteiger partial charge < -0.3 is 4.57 Å². The Morgan fingerprint density at radius 1 is 1.39 bits per heavy atom. The van der Waals surface area contributed by atoms with Crippen molar-refractivity contribution in [2.45, 2.75) is 52.1 Å². The van der Waals surface area contributed by atoms with E-state index < -0.39 is 0 Å². The van der Waals surface area contributed by atoms with Crippen LogP contribution in [0.25, 0.3) is 0 Å². The van der Waals surface area contributed by atoms with Gasteiger partial charge in [-0.15, -0.1) is 0 Å². The lowest BCUT2D eigenvalue weighted by atomic mass is 9.99. The standard InChI is InChI=1S/C15H24N2O/c1-3-7-16(8-4-2)14-6-10-17-9-5-13(12-18)15(17)11-14/h5,9,12,14H,3-4,6-8,10-11H2,1-2H3/t14-/m1/s1. The summed E-state index contributed by atoms with van der Waals surface area (Å²) >= 11 is 0. The third-order valence-corrected chi connectivity index (χ3v) is 3.91. The molecule has 1 atom stereocenters. The molecule has 2 heterocycles. The summed E-state index contributed by atoms with van der Waals surface area (Å²) in [5, 5.41) is 0. The normalized spacial score (nSPS) is 18.9. The second-order valence-electron chi connectivity index (χ2n) is 5.21. The minimum Gasteiger partial charge on any atom is -0.351 e. The zero-order chi connectivity index (χ0) is 13.0. The van der Waals surface area contributed by atoms with Gasteiger partial charge in [-0.2, -0.15) is 0 Å². The molecule has 3 nitrogen and oxygen atoms in total. The van der Waals surface area contributed by atoms with Crippen molar-refractivity contribution in [2.75, 3.05) is 13.1 Å². The largest absolute Gasteiger partial charge is 0.351 e. The first kappa shape index (κ1) is 13.3. The molecule has 0 amide bonds. The van der Waals surface area contributed by atoms with E-state index in [2.05, 4.69) is 29.5 Å². The van der Waals surface area contributed by atoms with Gasteiger partial charge in [0.25, 0.3) is 0 Å². The predicted molar refractivity (Wildman–Crippen MR) is 74.1 cm³/mol. The smallest absolute Gasteiger partial charge is 0.151 e. The van der Waals surface area contributed by atoms with Gasteiger partial charge in [0, 0.05) is 36.5 Å². The second kappa shape index (κ2) is 6.19. The Balaban J connectivity index is 2.11. The number of rotatable bonds is 6. The highest BCUT2D eigenvalue weighted by Gasteiger charge is 2.24. The number of hydrogen-bond acceptors (Lipinski definition) is 2. The van der Waals surface area contributed by atoms with Crippen molar-refractivity contribution in [2.24, 2.45) is 0 Å². The molecule has 2 rings (SSSR count). The van der Waals surface area contributed by atoms with E-state index in [0.717, 1.165) is 24.8 Å². The summed E-state index contributed by atoms with van der Waals surface area (Å²) in [6, 6.07) is 2.57. The first-order valence-corrected chi connectivity index (χ1v) is 7.17. The Morgan fingerprint density at radius 2 is 2.11 bits per heavy atom. The fourth-order valence-electron chi connectivity index (χ4n) is 3.05. The number of nitrogens with zero attached hydrogens (tertiary/aromatic N) is 2. The van der Waals surface area contributed by atoms with Crippen LogP contribution < -0.4 is 0 Å².